The Morgan fingerprint density at radius 2 is 2.24 bits per heavy atom. The molecule has 1 unspecified atom stereocenters. The molecule has 0 saturated heterocycles. The van der Waals surface area contributed by atoms with E-state index < -0.39 is 0 Å². The van der Waals surface area contributed by atoms with Crippen molar-refractivity contribution in [1.82, 2.24) is 5.32 Å². The standard InChI is InChI=1S/C14H19NOS/c1-2-3-8-15-9-11-10-17-13-7-5-4-6-12(13)14(11)16/h4-7,11,15H,2-3,8-10H2,1H3. The molecule has 1 aromatic carbocycles. The maximum atomic E-state index is 12.2. The molecule has 92 valence electrons. The second kappa shape index (κ2) is 6.22. The highest BCUT2D eigenvalue weighted by Crippen LogP contribution is 2.32. The molecular weight excluding hydrogens is 230 g/mol. The molecule has 1 aliphatic rings. The van der Waals surface area contributed by atoms with Crippen molar-refractivity contribution in [3.05, 3.63) is 29.8 Å². The van der Waals surface area contributed by atoms with Crippen molar-refractivity contribution in [2.24, 2.45) is 5.92 Å². The van der Waals surface area contributed by atoms with E-state index in [1.807, 2.05) is 24.3 Å². The summed E-state index contributed by atoms with van der Waals surface area (Å²) in [5.41, 5.74) is 0.908. The van der Waals surface area contributed by atoms with Gasteiger partial charge in [-0.25, -0.2) is 0 Å². The van der Waals surface area contributed by atoms with Crippen LogP contribution in [0.1, 0.15) is 30.1 Å². The van der Waals surface area contributed by atoms with E-state index in [9.17, 15) is 4.79 Å². The van der Waals surface area contributed by atoms with Crippen LogP contribution in [0.3, 0.4) is 0 Å². The number of benzene rings is 1. The summed E-state index contributed by atoms with van der Waals surface area (Å²) in [5.74, 6) is 1.37. The van der Waals surface area contributed by atoms with Crippen molar-refractivity contribution in [2.45, 2.75) is 24.7 Å². The molecule has 1 N–H and O–H groups in total. The number of unbranched alkanes of at least 4 members (excludes halogenated alkanes) is 1. The normalized spacial score (nSPS) is 19.1. The zero-order valence-corrected chi connectivity index (χ0v) is 11.1. The molecule has 0 radical (unpaired) electrons. The lowest BCUT2D eigenvalue weighted by Crippen LogP contribution is -2.33. The van der Waals surface area contributed by atoms with Gasteiger partial charge in [0.05, 0.1) is 0 Å². The molecule has 0 aromatic heterocycles. The van der Waals surface area contributed by atoms with Crippen LogP contribution in [-0.4, -0.2) is 24.6 Å². The third kappa shape index (κ3) is 3.11. The second-order valence-corrected chi connectivity index (χ2v) is 5.49. The molecule has 0 fully saturated rings. The fraction of sp³-hybridized carbons (Fsp3) is 0.500. The minimum absolute atomic E-state index is 0.145. The average Bonchev–Trinajstić information content (AvgIpc) is 2.37. The Kier molecular flexibility index (Phi) is 4.63. The highest BCUT2D eigenvalue weighted by Gasteiger charge is 2.26. The zero-order valence-electron chi connectivity index (χ0n) is 10.2. The van der Waals surface area contributed by atoms with Crippen LogP contribution in [-0.2, 0) is 0 Å². The Morgan fingerprint density at radius 3 is 3.06 bits per heavy atom. The number of carbonyl (C=O) groups excluding carboxylic acids is 1. The number of rotatable bonds is 5. The highest BCUT2D eigenvalue weighted by molar-refractivity contribution is 7.99. The Hall–Kier alpha value is -0.800. The first kappa shape index (κ1) is 12.7. The first-order valence-electron chi connectivity index (χ1n) is 6.29. The molecule has 3 heteroatoms. The number of hydrogen-bond acceptors (Lipinski definition) is 3. The molecule has 1 aliphatic heterocycles. The van der Waals surface area contributed by atoms with Crippen LogP contribution < -0.4 is 5.32 Å². The lowest BCUT2D eigenvalue weighted by atomic mass is 9.98. The predicted molar refractivity (Wildman–Crippen MR) is 72.8 cm³/mol. The van der Waals surface area contributed by atoms with Gasteiger partial charge in [0.1, 0.15) is 0 Å². The molecular formula is C14H19NOS. The van der Waals surface area contributed by atoms with Crippen molar-refractivity contribution >= 4 is 17.5 Å². The summed E-state index contributed by atoms with van der Waals surface area (Å²) in [5, 5.41) is 3.38. The van der Waals surface area contributed by atoms with Crippen LogP contribution in [0.5, 0.6) is 0 Å². The summed E-state index contributed by atoms with van der Waals surface area (Å²) < 4.78 is 0. The van der Waals surface area contributed by atoms with Gasteiger partial charge in [-0.15, -0.1) is 11.8 Å². The van der Waals surface area contributed by atoms with Gasteiger partial charge in [0, 0.05) is 28.7 Å². The van der Waals surface area contributed by atoms with E-state index in [1.165, 1.54) is 12.8 Å². The Bertz CT molecular complexity index is 392. The Balaban J connectivity index is 1.93. The van der Waals surface area contributed by atoms with Crippen molar-refractivity contribution in [1.29, 1.82) is 0 Å². The van der Waals surface area contributed by atoms with E-state index in [1.54, 1.807) is 11.8 Å². The molecule has 0 saturated carbocycles. The molecule has 0 bridgehead atoms. The van der Waals surface area contributed by atoms with Gasteiger partial charge >= 0.3 is 0 Å². The molecule has 1 heterocycles. The second-order valence-electron chi connectivity index (χ2n) is 4.43. The quantitative estimate of drug-likeness (QED) is 0.813. The minimum atomic E-state index is 0.145. The minimum Gasteiger partial charge on any atom is -0.316 e. The van der Waals surface area contributed by atoms with E-state index in [0.29, 0.717) is 5.78 Å². The number of nitrogens with one attached hydrogen (secondary N) is 1. The maximum Gasteiger partial charge on any atom is 0.169 e. The van der Waals surface area contributed by atoms with Crippen LogP contribution in [0, 0.1) is 5.92 Å². The maximum absolute atomic E-state index is 12.2. The molecule has 1 atom stereocenters. The van der Waals surface area contributed by atoms with Crippen molar-refractivity contribution in [3.63, 3.8) is 0 Å². The lowest BCUT2D eigenvalue weighted by molar-refractivity contribution is 0.0926. The van der Waals surface area contributed by atoms with Gasteiger partial charge in [0.2, 0.25) is 0 Å². The number of Topliss-reactive ketones (excluding diaryl/α,β-unsaturated/α-hetero) is 1. The fourth-order valence-corrected chi connectivity index (χ4v) is 3.16. The lowest BCUT2D eigenvalue weighted by Gasteiger charge is -2.22. The first-order valence-corrected chi connectivity index (χ1v) is 7.28. The Morgan fingerprint density at radius 1 is 1.41 bits per heavy atom. The predicted octanol–water partition coefficient (Wildman–Crippen LogP) is 2.98. The SMILES string of the molecule is CCCCNCC1CSc2ccccc2C1=O. The summed E-state index contributed by atoms with van der Waals surface area (Å²) in [6.45, 7) is 4.02. The summed E-state index contributed by atoms with van der Waals surface area (Å²) in [4.78, 5) is 13.4. The molecule has 0 aliphatic carbocycles. The van der Waals surface area contributed by atoms with Crippen molar-refractivity contribution in [2.75, 3.05) is 18.8 Å². The third-order valence-corrected chi connectivity index (χ3v) is 4.30. The van der Waals surface area contributed by atoms with Gasteiger partial charge < -0.3 is 5.32 Å². The number of ketones is 1. The zero-order chi connectivity index (χ0) is 12.1. The third-order valence-electron chi connectivity index (χ3n) is 3.06. The average molecular weight is 249 g/mol. The molecule has 0 spiro atoms. The van der Waals surface area contributed by atoms with E-state index in [-0.39, 0.29) is 5.92 Å². The van der Waals surface area contributed by atoms with Crippen LogP contribution in [0.2, 0.25) is 0 Å². The molecule has 2 rings (SSSR count). The van der Waals surface area contributed by atoms with Gasteiger partial charge in [0.15, 0.2) is 5.78 Å². The van der Waals surface area contributed by atoms with Crippen LogP contribution in [0.25, 0.3) is 0 Å². The molecule has 2 nitrogen and oxygen atoms in total. The van der Waals surface area contributed by atoms with Crippen LogP contribution >= 0.6 is 11.8 Å². The summed E-state index contributed by atoms with van der Waals surface area (Å²) in [6.07, 6.45) is 2.38. The van der Waals surface area contributed by atoms with E-state index in [0.717, 1.165) is 29.3 Å². The highest BCUT2D eigenvalue weighted by atomic mass is 32.2. The largest absolute Gasteiger partial charge is 0.316 e. The molecule has 17 heavy (non-hydrogen) atoms. The van der Waals surface area contributed by atoms with Gasteiger partial charge in [-0.1, -0.05) is 31.5 Å². The van der Waals surface area contributed by atoms with E-state index in [4.69, 9.17) is 0 Å². The van der Waals surface area contributed by atoms with Gasteiger partial charge in [-0.3, -0.25) is 4.79 Å². The van der Waals surface area contributed by atoms with E-state index in [2.05, 4.69) is 12.2 Å². The molecule has 0 amide bonds. The summed E-state index contributed by atoms with van der Waals surface area (Å²) in [6, 6.07) is 7.94. The fourth-order valence-electron chi connectivity index (χ4n) is 2.01. The number of thioether (sulfide) groups is 1. The first-order chi connectivity index (χ1) is 8.33. The van der Waals surface area contributed by atoms with Crippen molar-refractivity contribution < 1.29 is 4.79 Å². The van der Waals surface area contributed by atoms with Crippen molar-refractivity contribution in [3.8, 4) is 0 Å². The smallest absolute Gasteiger partial charge is 0.169 e. The summed E-state index contributed by atoms with van der Waals surface area (Å²) in [7, 11) is 0. The van der Waals surface area contributed by atoms with Crippen LogP contribution in [0.4, 0.5) is 0 Å². The number of carbonyl (C=O) groups is 1. The molecule has 1 aromatic rings. The number of fused-ring (bicyclic) bond motifs is 1. The van der Waals surface area contributed by atoms with Gasteiger partial charge in [-0.05, 0) is 19.0 Å². The van der Waals surface area contributed by atoms with Gasteiger partial charge in [0.25, 0.3) is 0 Å². The topological polar surface area (TPSA) is 29.1 Å². The monoisotopic (exact) mass is 249 g/mol. The van der Waals surface area contributed by atoms with Crippen LogP contribution in [0.15, 0.2) is 29.2 Å². The van der Waals surface area contributed by atoms with E-state index >= 15 is 0 Å². The number of hydrogen-bond donors (Lipinski definition) is 1. The summed E-state index contributed by atoms with van der Waals surface area (Å²) >= 11 is 1.80. The van der Waals surface area contributed by atoms with Gasteiger partial charge in [-0.2, -0.15) is 0 Å². The Labute approximate surface area is 107 Å².